The molecular formula is C14H16BrFN2. The van der Waals surface area contributed by atoms with E-state index in [2.05, 4.69) is 34.1 Å². The van der Waals surface area contributed by atoms with E-state index in [-0.39, 0.29) is 11.7 Å². The van der Waals surface area contributed by atoms with Crippen LogP contribution in [0, 0.1) is 5.82 Å². The molecule has 0 N–H and O–H groups in total. The van der Waals surface area contributed by atoms with E-state index in [1.54, 1.807) is 12.1 Å². The number of hydrogen-bond acceptors (Lipinski definition) is 1. The number of rotatable bonds is 5. The van der Waals surface area contributed by atoms with E-state index in [1.807, 2.05) is 16.9 Å². The second-order valence-corrected chi connectivity index (χ2v) is 4.96. The van der Waals surface area contributed by atoms with Crippen molar-refractivity contribution in [1.29, 1.82) is 0 Å². The van der Waals surface area contributed by atoms with Crippen LogP contribution in [-0.4, -0.2) is 15.1 Å². The molecular weight excluding hydrogens is 295 g/mol. The highest BCUT2D eigenvalue weighted by atomic mass is 79.9. The molecule has 0 aliphatic carbocycles. The lowest BCUT2D eigenvalue weighted by Gasteiger charge is -2.13. The molecule has 0 amide bonds. The standard InChI is InChI=1S/C14H16BrFN2/c1-2-18-10-11(9-17-18)6-13(8-15)12-4-3-5-14(16)7-12/h3-5,7,9-10,13H,2,6,8H2,1H3. The summed E-state index contributed by atoms with van der Waals surface area (Å²) in [5.41, 5.74) is 2.21. The van der Waals surface area contributed by atoms with Gasteiger partial charge >= 0.3 is 0 Å². The Labute approximate surface area is 115 Å². The summed E-state index contributed by atoms with van der Waals surface area (Å²) in [6.45, 7) is 2.93. The Hall–Kier alpha value is -1.16. The topological polar surface area (TPSA) is 17.8 Å². The number of aromatic nitrogens is 2. The molecule has 1 aromatic carbocycles. The van der Waals surface area contributed by atoms with Crippen molar-refractivity contribution in [2.45, 2.75) is 25.8 Å². The maximum atomic E-state index is 13.2. The molecule has 2 rings (SSSR count). The minimum absolute atomic E-state index is 0.178. The zero-order chi connectivity index (χ0) is 13.0. The Balaban J connectivity index is 2.14. The molecule has 2 aromatic rings. The lowest BCUT2D eigenvalue weighted by Crippen LogP contribution is -2.04. The summed E-state index contributed by atoms with van der Waals surface area (Å²) in [5.74, 6) is 0.0953. The molecule has 0 radical (unpaired) electrons. The first-order valence-corrected chi connectivity index (χ1v) is 7.17. The molecule has 0 aliphatic rings. The smallest absolute Gasteiger partial charge is 0.123 e. The van der Waals surface area contributed by atoms with Crippen molar-refractivity contribution in [3.8, 4) is 0 Å². The number of aryl methyl sites for hydroxylation is 1. The van der Waals surface area contributed by atoms with Crippen LogP contribution in [0.5, 0.6) is 0 Å². The van der Waals surface area contributed by atoms with Crippen LogP contribution in [0.15, 0.2) is 36.7 Å². The number of nitrogens with zero attached hydrogens (tertiary/aromatic N) is 2. The van der Waals surface area contributed by atoms with Crippen molar-refractivity contribution in [2.75, 3.05) is 5.33 Å². The van der Waals surface area contributed by atoms with E-state index in [0.717, 1.165) is 23.9 Å². The fourth-order valence-corrected chi connectivity index (χ4v) is 2.59. The van der Waals surface area contributed by atoms with Gasteiger partial charge in [-0.3, -0.25) is 4.68 Å². The first kappa shape index (κ1) is 13.3. The molecule has 1 aromatic heterocycles. The van der Waals surface area contributed by atoms with Crippen LogP contribution < -0.4 is 0 Å². The fourth-order valence-electron chi connectivity index (χ4n) is 1.99. The molecule has 0 fully saturated rings. The zero-order valence-electron chi connectivity index (χ0n) is 10.3. The summed E-state index contributed by atoms with van der Waals surface area (Å²) in [5, 5.41) is 5.07. The number of halogens is 2. The summed E-state index contributed by atoms with van der Waals surface area (Å²) >= 11 is 3.51. The van der Waals surface area contributed by atoms with Crippen LogP contribution in [0.4, 0.5) is 4.39 Å². The van der Waals surface area contributed by atoms with Crippen LogP contribution in [0.1, 0.15) is 24.0 Å². The Bertz CT molecular complexity index is 510. The zero-order valence-corrected chi connectivity index (χ0v) is 11.9. The van der Waals surface area contributed by atoms with Gasteiger partial charge in [-0.05, 0) is 42.5 Å². The van der Waals surface area contributed by atoms with Gasteiger partial charge in [0.25, 0.3) is 0 Å². The third-order valence-corrected chi connectivity index (χ3v) is 3.78. The van der Waals surface area contributed by atoms with Crippen LogP contribution in [0.25, 0.3) is 0 Å². The normalized spacial score (nSPS) is 12.6. The maximum absolute atomic E-state index is 13.2. The van der Waals surface area contributed by atoms with E-state index in [4.69, 9.17) is 0 Å². The molecule has 18 heavy (non-hydrogen) atoms. The molecule has 0 bridgehead atoms. The Kier molecular flexibility index (Phi) is 4.53. The summed E-state index contributed by atoms with van der Waals surface area (Å²) in [6.07, 6.45) is 4.81. The highest BCUT2D eigenvalue weighted by Crippen LogP contribution is 2.23. The molecule has 1 unspecified atom stereocenters. The lowest BCUT2D eigenvalue weighted by atomic mass is 9.95. The van der Waals surface area contributed by atoms with Gasteiger partial charge < -0.3 is 0 Å². The highest BCUT2D eigenvalue weighted by molar-refractivity contribution is 9.09. The Morgan fingerprint density at radius 1 is 1.44 bits per heavy atom. The second kappa shape index (κ2) is 6.14. The monoisotopic (exact) mass is 310 g/mol. The largest absolute Gasteiger partial charge is 0.273 e. The average Bonchev–Trinajstić information content (AvgIpc) is 2.83. The summed E-state index contributed by atoms with van der Waals surface area (Å²) in [7, 11) is 0. The van der Waals surface area contributed by atoms with Gasteiger partial charge in [0.05, 0.1) is 6.20 Å². The molecule has 4 heteroatoms. The van der Waals surface area contributed by atoms with Crippen LogP contribution in [0.2, 0.25) is 0 Å². The van der Waals surface area contributed by atoms with Crippen molar-refractivity contribution in [3.63, 3.8) is 0 Å². The minimum atomic E-state index is -0.178. The molecule has 1 heterocycles. The SMILES string of the molecule is CCn1cc(CC(CBr)c2cccc(F)c2)cn1. The Morgan fingerprint density at radius 3 is 2.89 bits per heavy atom. The summed E-state index contributed by atoms with van der Waals surface area (Å²) < 4.78 is 15.1. The fraction of sp³-hybridized carbons (Fsp3) is 0.357. The van der Waals surface area contributed by atoms with E-state index >= 15 is 0 Å². The van der Waals surface area contributed by atoms with Gasteiger partial charge in [0.2, 0.25) is 0 Å². The molecule has 0 spiro atoms. The first-order chi connectivity index (χ1) is 8.72. The maximum Gasteiger partial charge on any atom is 0.123 e. The van der Waals surface area contributed by atoms with Crippen LogP contribution in [0.3, 0.4) is 0 Å². The van der Waals surface area contributed by atoms with E-state index < -0.39 is 0 Å². The molecule has 0 saturated carbocycles. The first-order valence-electron chi connectivity index (χ1n) is 6.05. The molecule has 96 valence electrons. The van der Waals surface area contributed by atoms with Gasteiger partial charge in [0, 0.05) is 18.1 Å². The molecule has 0 saturated heterocycles. The van der Waals surface area contributed by atoms with Crippen LogP contribution in [-0.2, 0) is 13.0 Å². The summed E-state index contributed by atoms with van der Waals surface area (Å²) in [6, 6.07) is 6.81. The number of hydrogen-bond donors (Lipinski definition) is 0. The molecule has 0 aliphatic heterocycles. The predicted octanol–water partition coefficient (Wildman–Crippen LogP) is 3.76. The van der Waals surface area contributed by atoms with Gasteiger partial charge in [-0.15, -0.1) is 0 Å². The van der Waals surface area contributed by atoms with Gasteiger partial charge in [0.1, 0.15) is 5.82 Å². The molecule has 2 nitrogen and oxygen atoms in total. The van der Waals surface area contributed by atoms with Crippen molar-refractivity contribution in [3.05, 3.63) is 53.6 Å². The predicted molar refractivity (Wildman–Crippen MR) is 74.5 cm³/mol. The van der Waals surface area contributed by atoms with E-state index in [1.165, 1.54) is 11.6 Å². The summed E-state index contributed by atoms with van der Waals surface area (Å²) in [4.78, 5) is 0. The van der Waals surface area contributed by atoms with Gasteiger partial charge in [-0.2, -0.15) is 5.10 Å². The minimum Gasteiger partial charge on any atom is -0.273 e. The van der Waals surface area contributed by atoms with Crippen molar-refractivity contribution in [2.24, 2.45) is 0 Å². The average molecular weight is 311 g/mol. The quantitative estimate of drug-likeness (QED) is 0.769. The van der Waals surface area contributed by atoms with Gasteiger partial charge in [-0.1, -0.05) is 28.1 Å². The van der Waals surface area contributed by atoms with Gasteiger partial charge in [0.15, 0.2) is 0 Å². The number of benzene rings is 1. The second-order valence-electron chi connectivity index (χ2n) is 4.31. The van der Waals surface area contributed by atoms with Crippen molar-refractivity contribution < 1.29 is 4.39 Å². The van der Waals surface area contributed by atoms with E-state index in [0.29, 0.717) is 0 Å². The van der Waals surface area contributed by atoms with Crippen molar-refractivity contribution in [1.82, 2.24) is 9.78 Å². The highest BCUT2D eigenvalue weighted by Gasteiger charge is 2.12. The lowest BCUT2D eigenvalue weighted by molar-refractivity contribution is 0.621. The van der Waals surface area contributed by atoms with Gasteiger partial charge in [-0.25, -0.2) is 4.39 Å². The van der Waals surface area contributed by atoms with Crippen molar-refractivity contribution >= 4 is 15.9 Å². The Morgan fingerprint density at radius 2 is 2.28 bits per heavy atom. The third kappa shape index (κ3) is 3.19. The van der Waals surface area contributed by atoms with Crippen LogP contribution >= 0.6 is 15.9 Å². The third-order valence-electron chi connectivity index (χ3n) is 3.00. The molecule has 1 atom stereocenters. The number of alkyl halides is 1. The van der Waals surface area contributed by atoms with E-state index in [9.17, 15) is 4.39 Å².